The molecule has 7 heteroatoms. The van der Waals surface area contributed by atoms with Gasteiger partial charge in [0.1, 0.15) is 12.0 Å². The Hall–Kier alpha value is -1.21. The minimum atomic E-state index is -0.457. The number of nitrogens with one attached hydrogen (secondary N) is 1. The van der Waals surface area contributed by atoms with Crippen molar-refractivity contribution in [3.05, 3.63) is 26.9 Å². The first-order chi connectivity index (χ1) is 9.00. The number of hydrogen-bond acceptors (Lipinski definition) is 5. The summed E-state index contributed by atoms with van der Waals surface area (Å²) in [4.78, 5) is 14.3. The van der Waals surface area contributed by atoms with Crippen LogP contribution in [-0.2, 0) is 4.74 Å². The predicted molar refractivity (Wildman–Crippen MR) is 75.2 cm³/mol. The monoisotopic (exact) mass is 329 g/mol. The Labute approximate surface area is 119 Å². The van der Waals surface area contributed by atoms with Gasteiger partial charge in [0.2, 0.25) is 0 Å². The van der Waals surface area contributed by atoms with Gasteiger partial charge >= 0.3 is 0 Å². The van der Waals surface area contributed by atoms with E-state index in [0.717, 1.165) is 32.6 Å². The molecule has 2 rings (SSSR count). The smallest absolute Gasteiger partial charge is 0.288 e. The molecule has 0 radical (unpaired) electrons. The van der Waals surface area contributed by atoms with Crippen molar-refractivity contribution >= 4 is 27.4 Å². The van der Waals surface area contributed by atoms with E-state index in [1.165, 1.54) is 12.3 Å². The number of hydrogen-bond donors (Lipinski definition) is 1. The third-order valence-corrected chi connectivity index (χ3v) is 4.02. The van der Waals surface area contributed by atoms with Crippen molar-refractivity contribution in [1.82, 2.24) is 4.98 Å². The Bertz CT molecular complexity index is 475. The van der Waals surface area contributed by atoms with E-state index < -0.39 is 4.92 Å². The number of halogens is 1. The summed E-state index contributed by atoms with van der Waals surface area (Å²) in [5.41, 5.74) is 0.163. The summed E-state index contributed by atoms with van der Waals surface area (Å²) in [6.07, 6.45) is 3.27. The molecule has 0 aromatic carbocycles. The lowest BCUT2D eigenvalue weighted by Crippen LogP contribution is -2.33. The molecular formula is C12H16BrN3O3. The van der Waals surface area contributed by atoms with Crippen molar-refractivity contribution < 1.29 is 9.66 Å². The Morgan fingerprint density at radius 1 is 1.58 bits per heavy atom. The highest BCUT2D eigenvalue weighted by Gasteiger charge is 2.27. The molecule has 1 fully saturated rings. The molecule has 0 bridgehead atoms. The Kier molecular flexibility index (Phi) is 4.36. The minimum absolute atomic E-state index is 0.0188. The van der Waals surface area contributed by atoms with Crippen LogP contribution in [0.4, 0.5) is 11.5 Å². The molecule has 1 saturated heterocycles. The second kappa shape index (κ2) is 5.83. The fraction of sp³-hybridized carbons (Fsp3) is 0.583. The number of aromatic nitrogens is 1. The third kappa shape index (κ3) is 3.63. The molecule has 104 valence electrons. The Morgan fingerprint density at radius 3 is 2.84 bits per heavy atom. The van der Waals surface area contributed by atoms with Gasteiger partial charge in [-0.25, -0.2) is 4.98 Å². The van der Waals surface area contributed by atoms with E-state index in [4.69, 9.17) is 4.74 Å². The quantitative estimate of drug-likeness (QED) is 0.678. The van der Waals surface area contributed by atoms with Gasteiger partial charge in [-0.3, -0.25) is 10.1 Å². The normalized spacial score (nSPS) is 18.0. The fourth-order valence-corrected chi connectivity index (χ4v) is 2.47. The molecule has 1 N–H and O–H groups in total. The maximum atomic E-state index is 10.6. The van der Waals surface area contributed by atoms with Crippen molar-refractivity contribution in [3.63, 3.8) is 0 Å². The molecule has 2 heterocycles. The van der Waals surface area contributed by atoms with E-state index in [1.807, 2.05) is 0 Å². The first kappa shape index (κ1) is 14.2. The van der Waals surface area contributed by atoms with Gasteiger partial charge in [0.05, 0.1) is 9.40 Å². The van der Waals surface area contributed by atoms with E-state index in [0.29, 0.717) is 10.3 Å². The van der Waals surface area contributed by atoms with Crippen LogP contribution >= 0.6 is 15.9 Å². The standard InChI is InChI=1S/C12H16BrN3O3/c1-12(2-4-19-5-3-12)8-15-11-10(13)6-9(7-14-11)16(17)18/h6-7H,2-5,8H2,1H3,(H,14,15). The molecule has 19 heavy (non-hydrogen) atoms. The van der Waals surface area contributed by atoms with Gasteiger partial charge in [-0.1, -0.05) is 6.92 Å². The van der Waals surface area contributed by atoms with Crippen LogP contribution in [0.3, 0.4) is 0 Å². The molecule has 6 nitrogen and oxygen atoms in total. The summed E-state index contributed by atoms with van der Waals surface area (Å²) in [7, 11) is 0. The molecule has 0 atom stereocenters. The van der Waals surface area contributed by atoms with Crippen LogP contribution in [0.25, 0.3) is 0 Å². The molecule has 1 aliphatic rings. The average molecular weight is 330 g/mol. The van der Waals surface area contributed by atoms with Gasteiger partial charge in [-0.15, -0.1) is 0 Å². The van der Waals surface area contributed by atoms with Gasteiger partial charge in [-0.2, -0.15) is 0 Å². The predicted octanol–water partition coefficient (Wildman–Crippen LogP) is 2.98. The van der Waals surface area contributed by atoms with Crippen molar-refractivity contribution in [2.24, 2.45) is 5.41 Å². The van der Waals surface area contributed by atoms with E-state index in [9.17, 15) is 10.1 Å². The van der Waals surface area contributed by atoms with E-state index in [-0.39, 0.29) is 11.1 Å². The summed E-state index contributed by atoms with van der Waals surface area (Å²) in [6.45, 7) is 4.56. The number of anilines is 1. The number of ether oxygens (including phenoxy) is 1. The van der Waals surface area contributed by atoms with Gasteiger partial charge in [0.25, 0.3) is 5.69 Å². The van der Waals surface area contributed by atoms with Crippen LogP contribution in [0.2, 0.25) is 0 Å². The zero-order valence-corrected chi connectivity index (χ0v) is 12.3. The topological polar surface area (TPSA) is 77.3 Å². The minimum Gasteiger partial charge on any atom is -0.381 e. The van der Waals surface area contributed by atoms with Crippen LogP contribution in [0.15, 0.2) is 16.7 Å². The fourth-order valence-electron chi connectivity index (χ4n) is 2.00. The van der Waals surface area contributed by atoms with Crippen LogP contribution in [-0.4, -0.2) is 29.7 Å². The zero-order valence-electron chi connectivity index (χ0n) is 10.7. The molecular weight excluding hydrogens is 314 g/mol. The third-order valence-electron chi connectivity index (χ3n) is 3.42. The summed E-state index contributed by atoms with van der Waals surface area (Å²) < 4.78 is 5.96. The van der Waals surface area contributed by atoms with E-state index in [1.54, 1.807) is 0 Å². The van der Waals surface area contributed by atoms with Crippen LogP contribution in [0, 0.1) is 15.5 Å². The van der Waals surface area contributed by atoms with Gasteiger partial charge < -0.3 is 10.1 Å². The number of nitro groups is 1. The number of rotatable bonds is 4. The molecule has 0 spiro atoms. The van der Waals surface area contributed by atoms with Gasteiger partial charge in [0, 0.05) is 25.8 Å². The molecule has 1 aliphatic heterocycles. The highest BCUT2D eigenvalue weighted by Crippen LogP contribution is 2.31. The Morgan fingerprint density at radius 2 is 2.26 bits per heavy atom. The lowest BCUT2D eigenvalue weighted by Gasteiger charge is -2.33. The maximum absolute atomic E-state index is 10.6. The number of nitrogens with zero attached hydrogens (tertiary/aromatic N) is 2. The maximum Gasteiger partial charge on any atom is 0.288 e. The first-order valence-corrected chi connectivity index (χ1v) is 6.91. The SMILES string of the molecule is CC1(CNc2ncc([N+](=O)[O-])cc2Br)CCOCC1. The first-order valence-electron chi connectivity index (χ1n) is 6.12. The Balaban J connectivity index is 2.01. The summed E-state index contributed by atoms with van der Waals surface area (Å²) in [5.74, 6) is 0.637. The summed E-state index contributed by atoms with van der Waals surface area (Å²) >= 11 is 3.30. The molecule has 0 saturated carbocycles. The highest BCUT2D eigenvalue weighted by atomic mass is 79.9. The average Bonchev–Trinajstić information content (AvgIpc) is 2.38. The van der Waals surface area contributed by atoms with Gasteiger partial charge in [-0.05, 0) is 34.2 Å². The number of pyridine rings is 1. The molecule has 1 aromatic heterocycles. The van der Waals surface area contributed by atoms with E-state index in [2.05, 4.69) is 33.2 Å². The lowest BCUT2D eigenvalue weighted by atomic mass is 9.82. The van der Waals surface area contributed by atoms with Crippen molar-refractivity contribution in [2.75, 3.05) is 25.1 Å². The molecule has 0 amide bonds. The van der Waals surface area contributed by atoms with E-state index >= 15 is 0 Å². The molecule has 0 aliphatic carbocycles. The van der Waals surface area contributed by atoms with Crippen molar-refractivity contribution in [1.29, 1.82) is 0 Å². The molecule has 1 aromatic rings. The van der Waals surface area contributed by atoms with Gasteiger partial charge in [0.15, 0.2) is 0 Å². The second-order valence-electron chi connectivity index (χ2n) is 5.06. The van der Waals surface area contributed by atoms with Crippen LogP contribution in [0.5, 0.6) is 0 Å². The second-order valence-corrected chi connectivity index (χ2v) is 5.91. The lowest BCUT2D eigenvalue weighted by molar-refractivity contribution is -0.385. The van der Waals surface area contributed by atoms with Crippen molar-refractivity contribution in [2.45, 2.75) is 19.8 Å². The summed E-state index contributed by atoms with van der Waals surface area (Å²) in [5, 5.41) is 13.9. The molecule has 0 unspecified atom stereocenters. The highest BCUT2D eigenvalue weighted by molar-refractivity contribution is 9.10. The van der Waals surface area contributed by atoms with Crippen molar-refractivity contribution in [3.8, 4) is 0 Å². The summed E-state index contributed by atoms with van der Waals surface area (Å²) in [6, 6.07) is 1.46. The zero-order chi connectivity index (χ0) is 13.9. The van der Waals surface area contributed by atoms with Crippen LogP contribution in [0.1, 0.15) is 19.8 Å². The largest absolute Gasteiger partial charge is 0.381 e. The van der Waals surface area contributed by atoms with Crippen LogP contribution < -0.4 is 5.32 Å².